The van der Waals surface area contributed by atoms with Crippen molar-refractivity contribution < 1.29 is 36.8 Å². The SMILES string of the molecule is NC(=O)N/N=C/c1ccccc1O.[Cu].[O-]/[N+](=C\c1cccs1)c1ccccc1O. The summed E-state index contributed by atoms with van der Waals surface area (Å²) in [6, 6.07) is 16.0. The van der Waals surface area contributed by atoms with Gasteiger partial charge in [0.15, 0.2) is 12.0 Å². The number of nitrogens with two attached hydrogens (primary N) is 1. The summed E-state index contributed by atoms with van der Waals surface area (Å²) in [5.74, 6) is 0.0813. The van der Waals surface area contributed by atoms with Crippen LogP contribution in [0.1, 0.15) is 10.4 Å². The minimum Gasteiger partial charge on any atom is -0.618 e. The van der Waals surface area contributed by atoms with Crippen molar-refractivity contribution in [2.24, 2.45) is 10.8 Å². The summed E-state index contributed by atoms with van der Waals surface area (Å²) >= 11 is 1.47. The fourth-order valence-electron chi connectivity index (χ4n) is 1.96. The van der Waals surface area contributed by atoms with Gasteiger partial charge in [0, 0.05) is 28.7 Å². The molecule has 0 saturated heterocycles. The number of hydrazone groups is 1. The molecule has 0 unspecified atom stereocenters. The Morgan fingerprint density at radius 2 is 1.72 bits per heavy atom. The van der Waals surface area contributed by atoms with Crippen LogP contribution in [0, 0.1) is 5.21 Å². The van der Waals surface area contributed by atoms with E-state index in [1.807, 2.05) is 22.9 Å². The van der Waals surface area contributed by atoms with Gasteiger partial charge in [-0.3, -0.25) is 0 Å². The van der Waals surface area contributed by atoms with Crippen LogP contribution in [0.2, 0.25) is 0 Å². The molecule has 0 atom stereocenters. The maximum atomic E-state index is 11.6. The number of carbonyl (C=O) groups excluding carboxylic acids is 1. The largest absolute Gasteiger partial charge is 0.618 e. The molecule has 0 aliphatic carbocycles. The van der Waals surface area contributed by atoms with Crippen molar-refractivity contribution in [2.75, 3.05) is 0 Å². The second kappa shape index (κ2) is 12.2. The third kappa shape index (κ3) is 8.06. The number of thiophene rings is 1. The van der Waals surface area contributed by atoms with E-state index in [2.05, 4.69) is 5.10 Å². The number of urea groups is 1. The summed E-state index contributed by atoms with van der Waals surface area (Å²) in [6.45, 7) is 0. The fraction of sp³-hybridized carbons (Fsp3) is 0. The van der Waals surface area contributed by atoms with Gasteiger partial charge in [0.05, 0.1) is 11.1 Å². The Kier molecular flexibility index (Phi) is 9.97. The fourth-order valence-corrected chi connectivity index (χ4v) is 2.59. The average Bonchev–Trinajstić information content (AvgIpc) is 3.17. The van der Waals surface area contributed by atoms with E-state index in [0.29, 0.717) is 10.3 Å². The van der Waals surface area contributed by atoms with Crippen LogP contribution in [-0.2, 0) is 17.1 Å². The summed E-state index contributed by atoms with van der Waals surface area (Å²) in [5, 5.41) is 35.7. The molecule has 5 N–H and O–H groups in total. The molecule has 0 bridgehead atoms. The minimum absolute atomic E-state index is 0. The monoisotopic (exact) mass is 461 g/mol. The van der Waals surface area contributed by atoms with Gasteiger partial charge in [-0.1, -0.05) is 30.3 Å². The number of aromatic hydroxyl groups is 2. The molecule has 0 aliphatic rings. The van der Waals surface area contributed by atoms with Gasteiger partial charge < -0.3 is 21.2 Å². The smallest absolute Gasteiger partial charge is 0.332 e. The molecule has 0 fully saturated rings. The van der Waals surface area contributed by atoms with Gasteiger partial charge in [0.2, 0.25) is 0 Å². The first-order valence-corrected chi connectivity index (χ1v) is 8.84. The Hall–Kier alpha value is -3.33. The second-order valence-electron chi connectivity index (χ2n) is 5.25. The molecule has 1 radical (unpaired) electrons. The maximum absolute atomic E-state index is 11.6. The van der Waals surface area contributed by atoms with E-state index in [4.69, 9.17) is 5.73 Å². The van der Waals surface area contributed by atoms with Gasteiger partial charge in [-0.2, -0.15) is 9.84 Å². The number of nitrogens with one attached hydrogen (secondary N) is 1. The number of carbonyl (C=O) groups is 1. The van der Waals surface area contributed by atoms with Gasteiger partial charge in [-0.05, 0) is 29.6 Å². The van der Waals surface area contributed by atoms with Crippen molar-refractivity contribution in [3.63, 3.8) is 0 Å². The first-order valence-electron chi connectivity index (χ1n) is 7.96. The molecule has 3 aromatic rings. The zero-order chi connectivity index (χ0) is 20.4. The van der Waals surface area contributed by atoms with E-state index >= 15 is 0 Å². The maximum Gasteiger partial charge on any atom is 0.332 e. The number of primary amides is 1. The molecule has 1 aromatic heterocycles. The third-order valence-electron chi connectivity index (χ3n) is 3.22. The number of rotatable bonds is 4. The quantitative estimate of drug-likeness (QED) is 0.156. The number of benzene rings is 2. The zero-order valence-electron chi connectivity index (χ0n) is 14.9. The summed E-state index contributed by atoms with van der Waals surface area (Å²) in [5.41, 5.74) is 7.55. The molecule has 155 valence electrons. The molecule has 10 heteroatoms. The van der Waals surface area contributed by atoms with Gasteiger partial charge >= 0.3 is 6.03 Å². The molecule has 2 aromatic carbocycles. The molecule has 0 spiro atoms. The molecule has 3 rings (SSSR count). The number of phenols is 2. The van der Waals surface area contributed by atoms with E-state index in [9.17, 15) is 20.2 Å². The van der Waals surface area contributed by atoms with Crippen LogP contribution in [0.4, 0.5) is 10.5 Å². The van der Waals surface area contributed by atoms with E-state index in [-0.39, 0.29) is 34.3 Å². The molecule has 2 amide bonds. The van der Waals surface area contributed by atoms with Crippen molar-refractivity contribution in [1.29, 1.82) is 0 Å². The van der Waals surface area contributed by atoms with E-state index in [1.165, 1.54) is 35.9 Å². The molecule has 1 heterocycles. The summed E-state index contributed by atoms with van der Waals surface area (Å²) in [4.78, 5) is 11.1. The van der Waals surface area contributed by atoms with E-state index < -0.39 is 6.03 Å². The zero-order valence-corrected chi connectivity index (χ0v) is 16.7. The van der Waals surface area contributed by atoms with Crippen molar-refractivity contribution in [2.45, 2.75) is 0 Å². The van der Waals surface area contributed by atoms with Crippen LogP contribution in [-0.4, -0.2) is 33.4 Å². The predicted octanol–water partition coefficient (Wildman–Crippen LogP) is 3.11. The second-order valence-corrected chi connectivity index (χ2v) is 6.23. The molecular formula is C19H18CuN4O4S. The summed E-state index contributed by atoms with van der Waals surface area (Å²) < 4.78 is 0.668. The Bertz CT molecular complexity index is 978. The van der Waals surface area contributed by atoms with E-state index in [0.717, 1.165) is 4.88 Å². The average molecular weight is 462 g/mol. The molecule has 0 aliphatic heterocycles. The van der Waals surface area contributed by atoms with Gasteiger partial charge in [0.25, 0.3) is 5.69 Å². The summed E-state index contributed by atoms with van der Waals surface area (Å²) in [7, 11) is 0. The first-order chi connectivity index (χ1) is 13.5. The van der Waals surface area contributed by atoms with Gasteiger partial charge in [0.1, 0.15) is 5.75 Å². The Morgan fingerprint density at radius 3 is 2.31 bits per heavy atom. The normalized spacial score (nSPS) is 10.6. The standard InChI is InChI=1S/C11H9NO2S.C8H9N3O2.Cu/c13-11-6-2-1-5-10(11)12(14)8-9-4-3-7-15-9;9-8(13)11-10-5-6-3-1-2-4-7(6)12;/h1-8,13H;1-5,12H,(H3,9,11,13);/b12-8-;10-5+;. The molecule has 8 nitrogen and oxygen atoms in total. The van der Waals surface area contributed by atoms with Gasteiger partial charge in [-0.15, -0.1) is 11.3 Å². The van der Waals surface area contributed by atoms with Crippen molar-refractivity contribution in [3.8, 4) is 11.5 Å². The van der Waals surface area contributed by atoms with Crippen molar-refractivity contribution >= 4 is 35.5 Å². The Balaban J connectivity index is 0.000000284. The van der Waals surface area contributed by atoms with Crippen LogP contribution in [0.25, 0.3) is 0 Å². The Morgan fingerprint density at radius 1 is 1.07 bits per heavy atom. The Labute approximate surface area is 181 Å². The number of hydrogen-bond donors (Lipinski definition) is 4. The topological polar surface area (TPSA) is 134 Å². The number of nitrogens with zero attached hydrogens (tertiary/aromatic N) is 2. The van der Waals surface area contributed by atoms with Crippen molar-refractivity contribution in [1.82, 2.24) is 5.43 Å². The summed E-state index contributed by atoms with van der Waals surface area (Å²) in [6.07, 6.45) is 2.75. The number of amides is 2. The first kappa shape index (κ1) is 23.7. The molecule has 29 heavy (non-hydrogen) atoms. The van der Waals surface area contributed by atoms with Crippen LogP contribution < -0.4 is 11.2 Å². The third-order valence-corrected chi connectivity index (χ3v) is 4.03. The van der Waals surface area contributed by atoms with Crippen molar-refractivity contribution in [3.05, 3.63) is 81.7 Å². The number of phenolic OH excluding ortho intramolecular Hbond substituents is 2. The van der Waals surface area contributed by atoms with Crippen LogP contribution in [0.5, 0.6) is 11.5 Å². The predicted molar refractivity (Wildman–Crippen MR) is 109 cm³/mol. The molecular weight excluding hydrogens is 444 g/mol. The van der Waals surface area contributed by atoms with Crippen LogP contribution in [0.3, 0.4) is 0 Å². The minimum atomic E-state index is -0.744. The van der Waals surface area contributed by atoms with E-state index in [1.54, 1.807) is 36.4 Å². The van der Waals surface area contributed by atoms with Crippen LogP contribution in [0.15, 0.2) is 71.1 Å². The van der Waals surface area contributed by atoms with Gasteiger partial charge in [-0.25, -0.2) is 10.2 Å². The molecule has 0 saturated carbocycles. The van der Waals surface area contributed by atoms with Crippen LogP contribution >= 0.6 is 11.3 Å². The number of para-hydroxylation sites is 3. The number of hydrogen-bond acceptors (Lipinski definition) is 6.